The first-order valence-corrected chi connectivity index (χ1v) is 10.1. The van der Waals surface area contributed by atoms with Gasteiger partial charge in [-0.3, -0.25) is 9.10 Å². The van der Waals surface area contributed by atoms with Crippen LogP contribution in [0.4, 0.5) is 5.69 Å². The Kier molecular flexibility index (Phi) is 6.38. The number of amides is 1. The summed E-state index contributed by atoms with van der Waals surface area (Å²) in [5, 5.41) is 3.03. The van der Waals surface area contributed by atoms with Gasteiger partial charge in [0.05, 0.1) is 22.7 Å². The smallest absolute Gasteiger partial charge is 0.264 e. The number of hydrogen-bond acceptors (Lipinski definition) is 4. The van der Waals surface area contributed by atoms with Gasteiger partial charge in [-0.2, -0.15) is 0 Å². The van der Waals surface area contributed by atoms with E-state index < -0.39 is 21.5 Å². The number of carbonyl (C=O) groups excluding carboxylic acids is 1. The normalized spacial score (nSPS) is 11.7. The molecule has 1 N–H and O–H groups in total. The van der Waals surface area contributed by atoms with Gasteiger partial charge < -0.3 is 10.1 Å². The zero-order valence-electron chi connectivity index (χ0n) is 15.7. The fourth-order valence-corrected chi connectivity index (χ4v) is 4.12. The van der Waals surface area contributed by atoms with Crippen LogP contribution >= 0.6 is 11.6 Å². The standard InChI is InChI=1S/C19H23ClN2O4S/c1-19(2,3)21-18(23)13-22(14-10-11-17(26-4)16(20)12-14)27(24,25)15-8-6-5-7-9-15/h5-12H,13H2,1-4H3,(H,21,23). The molecule has 2 aromatic carbocycles. The van der Waals surface area contributed by atoms with Gasteiger partial charge in [-0.05, 0) is 51.1 Å². The van der Waals surface area contributed by atoms with Crippen molar-refractivity contribution in [2.75, 3.05) is 18.0 Å². The third-order valence-corrected chi connectivity index (χ3v) is 5.64. The van der Waals surface area contributed by atoms with Crippen molar-refractivity contribution in [1.29, 1.82) is 0 Å². The molecule has 0 saturated carbocycles. The average Bonchev–Trinajstić information content (AvgIpc) is 2.58. The first-order chi connectivity index (χ1) is 12.5. The summed E-state index contributed by atoms with van der Waals surface area (Å²) < 4.78 is 32.5. The molecule has 0 atom stereocenters. The quantitative estimate of drug-likeness (QED) is 0.791. The molecule has 0 radical (unpaired) electrons. The SMILES string of the molecule is COc1ccc(N(CC(=O)NC(C)(C)C)S(=O)(=O)c2ccccc2)cc1Cl. The molecule has 0 aliphatic heterocycles. The van der Waals surface area contributed by atoms with Gasteiger partial charge in [0.2, 0.25) is 5.91 Å². The van der Waals surface area contributed by atoms with Crippen LogP contribution in [0.25, 0.3) is 0 Å². The summed E-state index contributed by atoms with van der Waals surface area (Å²) in [5.74, 6) is -0.00874. The number of nitrogens with one attached hydrogen (secondary N) is 1. The number of anilines is 1. The second-order valence-electron chi connectivity index (χ2n) is 6.94. The molecule has 8 heteroatoms. The van der Waals surface area contributed by atoms with Gasteiger partial charge in [0.25, 0.3) is 10.0 Å². The molecule has 2 aromatic rings. The molecule has 0 fully saturated rings. The lowest BCUT2D eigenvalue weighted by molar-refractivity contribution is -0.121. The van der Waals surface area contributed by atoms with Gasteiger partial charge in [-0.25, -0.2) is 8.42 Å². The average molecular weight is 411 g/mol. The van der Waals surface area contributed by atoms with Crippen molar-refractivity contribution in [3.05, 3.63) is 53.6 Å². The topological polar surface area (TPSA) is 75.7 Å². The predicted octanol–water partition coefficient (Wildman–Crippen LogP) is 3.46. The fourth-order valence-electron chi connectivity index (χ4n) is 2.43. The van der Waals surface area contributed by atoms with Gasteiger partial charge in [0.1, 0.15) is 12.3 Å². The Labute approximate surface area is 165 Å². The van der Waals surface area contributed by atoms with Gasteiger partial charge in [-0.15, -0.1) is 0 Å². The summed E-state index contributed by atoms with van der Waals surface area (Å²) >= 11 is 6.17. The Morgan fingerprint density at radius 1 is 1.15 bits per heavy atom. The number of methoxy groups -OCH3 is 1. The van der Waals surface area contributed by atoms with Crippen LogP contribution in [-0.4, -0.2) is 33.5 Å². The largest absolute Gasteiger partial charge is 0.495 e. The van der Waals surface area contributed by atoms with E-state index in [1.807, 2.05) is 20.8 Å². The molecule has 0 unspecified atom stereocenters. The number of carbonyl (C=O) groups is 1. The Balaban J connectivity index is 2.49. The predicted molar refractivity (Wildman–Crippen MR) is 107 cm³/mol. The van der Waals surface area contributed by atoms with Crippen molar-refractivity contribution < 1.29 is 17.9 Å². The van der Waals surface area contributed by atoms with Crippen LogP contribution in [-0.2, 0) is 14.8 Å². The number of nitrogens with zero attached hydrogens (tertiary/aromatic N) is 1. The number of sulfonamides is 1. The summed E-state index contributed by atoms with van der Waals surface area (Å²) in [5.41, 5.74) is -0.217. The summed E-state index contributed by atoms with van der Waals surface area (Å²) in [6, 6.07) is 12.5. The van der Waals surface area contributed by atoms with Gasteiger partial charge in [0.15, 0.2) is 0 Å². The Morgan fingerprint density at radius 2 is 1.78 bits per heavy atom. The summed E-state index contributed by atoms with van der Waals surface area (Å²) in [4.78, 5) is 12.5. The summed E-state index contributed by atoms with van der Waals surface area (Å²) in [6.07, 6.45) is 0. The minimum Gasteiger partial charge on any atom is -0.495 e. The molecule has 0 bridgehead atoms. The van der Waals surface area contributed by atoms with Crippen LogP contribution in [0.3, 0.4) is 0 Å². The lowest BCUT2D eigenvalue weighted by atomic mass is 10.1. The van der Waals surface area contributed by atoms with Crippen LogP contribution in [0.2, 0.25) is 5.02 Å². The van der Waals surface area contributed by atoms with E-state index in [-0.39, 0.29) is 22.2 Å². The van der Waals surface area contributed by atoms with E-state index in [0.717, 1.165) is 4.31 Å². The maximum Gasteiger partial charge on any atom is 0.264 e. The third kappa shape index (κ3) is 5.37. The Morgan fingerprint density at radius 3 is 2.30 bits per heavy atom. The third-order valence-electron chi connectivity index (χ3n) is 3.56. The lowest BCUT2D eigenvalue weighted by Crippen LogP contribution is -2.47. The maximum absolute atomic E-state index is 13.2. The van der Waals surface area contributed by atoms with Crippen molar-refractivity contribution >= 4 is 33.2 Å². The molecule has 1 amide bonds. The summed E-state index contributed by atoms with van der Waals surface area (Å²) in [6.45, 7) is 5.10. The highest BCUT2D eigenvalue weighted by Gasteiger charge is 2.28. The van der Waals surface area contributed by atoms with Crippen LogP contribution < -0.4 is 14.4 Å². The summed E-state index contributed by atoms with van der Waals surface area (Å²) in [7, 11) is -2.50. The van der Waals surface area contributed by atoms with Crippen molar-refractivity contribution in [3.63, 3.8) is 0 Å². The van der Waals surface area contributed by atoms with Crippen LogP contribution in [0.5, 0.6) is 5.75 Å². The first kappa shape index (κ1) is 21.1. The molecule has 0 aliphatic carbocycles. The van der Waals surface area contributed by atoms with Crippen molar-refractivity contribution in [3.8, 4) is 5.75 Å². The zero-order valence-corrected chi connectivity index (χ0v) is 17.3. The van der Waals surface area contributed by atoms with Crippen molar-refractivity contribution in [1.82, 2.24) is 5.32 Å². The highest BCUT2D eigenvalue weighted by atomic mass is 35.5. The van der Waals surface area contributed by atoms with Crippen molar-refractivity contribution in [2.45, 2.75) is 31.2 Å². The second-order valence-corrected chi connectivity index (χ2v) is 9.21. The van der Waals surface area contributed by atoms with E-state index in [0.29, 0.717) is 5.75 Å². The maximum atomic E-state index is 13.2. The minimum atomic E-state index is -3.97. The second kappa shape index (κ2) is 8.19. The lowest BCUT2D eigenvalue weighted by Gasteiger charge is -2.27. The molecule has 146 valence electrons. The zero-order chi connectivity index (χ0) is 20.2. The Bertz CT molecular complexity index is 909. The highest BCUT2D eigenvalue weighted by Crippen LogP contribution is 2.31. The van der Waals surface area contributed by atoms with Crippen molar-refractivity contribution in [2.24, 2.45) is 0 Å². The molecular formula is C19H23ClN2O4S. The van der Waals surface area contributed by atoms with E-state index in [2.05, 4.69) is 5.32 Å². The minimum absolute atomic E-state index is 0.0838. The van der Waals surface area contributed by atoms with E-state index in [1.165, 1.54) is 25.3 Å². The molecule has 0 aromatic heterocycles. The molecule has 2 rings (SSSR count). The number of benzene rings is 2. The van der Waals surface area contributed by atoms with E-state index in [4.69, 9.17) is 16.3 Å². The molecule has 27 heavy (non-hydrogen) atoms. The van der Waals surface area contributed by atoms with Gasteiger partial charge in [0, 0.05) is 5.54 Å². The molecule has 0 aliphatic rings. The van der Waals surface area contributed by atoms with E-state index in [9.17, 15) is 13.2 Å². The fraction of sp³-hybridized carbons (Fsp3) is 0.316. The molecular weight excluding hydrogens is 388 g/mol. The molecule has 0 heterocycles. The monoisotopic (exact) mass is 410 g/mol. The number of ether oxygens (including phenoxy) is 1. The molecule has 6 nitrogen and oxygen atoms in total. The van der Waals surface area contributed by atoms with Gasteiger partial charge in [-0.1, -0.05) is 29.8 Å². The number of halogens is 1. The molecule has 0 spiro atoms. The molecule has 0 saturated heterocycles. The first-order valence-electron chi connectivity index (χ1n) is 8.27. The number of hydrogen-bond donors (Lipinski definition) is 1. The van der Waals surface area contributed by atoms with Crippen LogP contribution in [0, 0.1) is 0 Å². The van der Waals surface area contributed by atoms with E-state index >= 15 is 0 Å². The van der Waals surface area contributed by atoms with E-state index in [1.54, 1.807) is 30.3 Å². The van der Waals surface area contributed by atoms with Gasteiger partial charge >= 0.3 is 0 Å². The Hall–Kier alpha value is -2.25. The number of rotatable bonds is 6. The highest BCUT2D eigenvalue weighted by molar-refractivity contribution is 7.92. The van der Waals surface area contributed by atoms with Crippen LogP contribution in [0.15, 0.2) is 53.4 Å². The van der Waals surface area contributed by atoms with Crippen LogP contribution in [0.1, 0.15) is 20.8 Å².